The van der Waals surface area contributed by atoms with E-state index in [1.165, 1.54) is 11.3 Å². The fourth-order valence-electron chi connectivity index (χ4n) is 0.581. The lowest BCUT2D eigenvalue weighted by molar-refractivity contribution is 0.162. The number of hydrogen-bond donors (Lipinski definition) is 3. The van der Waals surface area contributed by atoms with Crippen molar-refractivity contribution in [3.8, 4) is 0 Å². The molecule has 1 aromatic rings. The highest BCUT2D eigenvalue weighted by Crippen LogP contribution is 2.11. The number of hydrogen-bond acceptors (Lipinski definition) is 5. The molecule has 0 spiro atoms. The third-order valence-corrected chi connectivity index (χ3v) is 1.97. The van der Waals surface area contributed by atoms with Crippen LogP contribution in [0.25, 0.3) is 0 Å². The molecule has 0 amide bonds. The molecule has 0 bridgehead atoms. The van der Waals surface area contributed by atoms with E-state index in [0.29, 0.717) is 11.6 Å². The van der Waals surface area contributed by atoms with Gasteiger partial charge in [-0.25, -0.2) is 10.5 Å². The van der Waals surface area contributed by atoms with Gasteiger partial charge in [0.15, 0.2) is 0 Å². The molecule has 4 nitrogen and oxygen atoms in total. The van der Waals surface area contributed by atoms with Crippen LogP contribution in [-0.2, 0) is 13.2 Å². The van der Waals surface area contributed by atoms with Crippen LogP contribution in [0.2, 0.25) is 0 Å². The van der Waals surface area contributed by atoms with Crippen molar-refractivity contribution in [3.63, 3.8) is 0 Å². The molecule has 0 aliphatic heterocycles. The van der Waals surface area contributed by atoms with Crippen molar-refractivity contribution < 1.29 is 10.3 Å². The van der Waals surface area contributed by atoms with Gasteiger partial charge in [-0.3, -0.25) is 0 Å². The summed E-state index contributed by atoms with van der Waals surface area (Å²) in [5.41, 5.74) is 2.01. The van der Waals surface area contributed by atoms with Crippen molar-refractivity contribution >= 4 is 11.3 Å². The summed E-state index contributed by atoms with van der Waals surface area (Å²) in [6.07, 6.45) is 1.62. The molecule has 5 heteroatoms. The Kier molecular flexibility index (Phi) is 2.76. The SMILES string of the molecule is OCc1ncc(CNO)s1. The molecule has 10 heavy (non-hydrogen) atoms. The standard InChI is InChI=1S/C5H8N2O2S/c8-3-5-6-1-4(10-5)2-7-9/h1,7-9H,2-3H2. The normalized spacial score (nSPS) is 10.2. The largest absolute Gasteiger partial charge is 0.389 e. The van der Waals surface area contributed by atoms with Gasteiger partial charge in [0.1, 0.15) is 5.01 Å². The van der Waals surface area contributed by atoms with E-state index in [9.17, 15) is 0 Å². The maximum Gasteiger partial charge on any atom is 0.118 e. The van der Waals surface area contributed by atoms with Crippen LogP contribution in [0.15, 0.2) is 6.20 Å². The van der Waals surface area contributed by atoms with E-state index in [2.05, 4.69) is 4.98 Å². The van der Waals surface area contributed by atoms with Crippen LogP contribution in [0.3, 0.4) is 0 Å². The van der Waals surface area contributed by atoms with Gasteiger partial charge in [0.2, 0.25) is 0 Å². The lowest BCUT2D eigenvalue weighted by atomic mass is 10.6. The van der Waals surface area contributed by atoms with Crippen LogP contribution in [0, 0.1) is 0 Å². The lowest BCUT2D eigenvalue weighted by Crippen LogP contribution is -2.03. The molecule has 0 saturated heterocycles. The Morgan fingerprint density at radius 2 is 2.50 bits per heavy atom. The second kappa shape index (κ2) is 3.62. The van der Waals surface area contributed by atoms with Crippen molar-refractivity contribution in [2.24, 2.45) is 0 Å². The molecule has 56 valence electrons. The Morgan fingerprint density at radius 3 is 3.00 bits per heavy atom. The Labute approximate surface area is 62.1 Å². The Morgan fingerprint density at radius 1 is 1.70 bits per heavy atom. The van der Waals surface area contributed by atoms with Crippen LogP contribution in [0.1, 0.15) is 9.88 Å². The fourth-order valence-corrected chi connectivity index (χ4v) is 1.30. The van der Waals surface area contributed by atoms with Crippen molar-refractivity contribution in [2.45, 2.75) is 13.2 Å². The topological polar surface area (TPSA) is 65.4 Å². The number of hydroxylamine groups is 1. The highest BCUT2D eigenvalue weighted by atomic mass is 32.1. The molecular weight excluding hydrogens is 152 g/mol. The predicted molar refractivity (Wildman–Crippen MR) is 36.7 cm³/mol. The predicted octanol–water partition coefficient (Wildman–Crippen LogP) is 0.114. The molecule has 0 saturated carbocycles. The average Bonchev–Trinajstić information content (AvgIpc) is 2.37. The molecule has 0 aliphatic carbocycles. The number of aliphatic hydroxyl groups excluding tert-OH is 1. The zero-order chi connectivity index (χ0) is 7.40. The number of nitrogens with zero attached hydrogens (tertiary/aromatic N) is 1. The van der Waals surface area contributed by atoms with E-state index in [4.69, 9.17) is 10.3 Å². The number of nitrogens with one attached hydrogen (secondary N) is 1. The monoisotopic (exact) mass is 160 g/mol. The van der Waals surface area contributed by atoms with Gasteiger partial charge >= 0.3 is 0 Å². The molecule has 0 unspecified atom stereocenters. The highest BCUT2D eigenvalue weighted by molar-refractivity contribution is 7.11. The molecule has 0 aliphatic rings. The van der Waals surface area contributed by atoms with Crippen molar-refractivity contribution in [1.82, 2.24) is 10.5 Å². The first kappa shape index (κ1) is 7.62. The first-order chi connectivity index (χ1) is 4.86. The quantitative estimate of drug-likeness (QED) is 0.549. The van der Waals surface area contributed by atoms with Crippen LogP contribution < -0.4 is 5.48 Å². The smallest absolute Gasteiger partial charge is 0.118 e. The van der Waals surface area contributed by atoms with E-state index in [0.717, 1.165) is 4.88 Å². The van der Waals surface area contributed by atoms with E-state index in [1.54, 1.807) is 6.20 Å². The van der Waals surface area contributed by atoms with Gasteiger partial charge in [-0.15, -0.1) is 11.3 Å². The minimum Gasteiger partial charge on any atom is -0.389 e. The van der Waals surface area contributed by atoms with Crippen LogP contribution in [0.5, 0.6) is 0 Å². The molecule has 1 heterocycles. The van der Waals surface area contributed by atoms with Crippen molar-refractivity contribution in [3.05, 3.63) is 16.1 Å². The average molecular weight is 160 g/mol. The van der Waals surface area contributed by atoms with E-state index in [-0.39, 0.29) is 6.61 Å². The maximum atomic E-state index is 8.58. The number of thiazole rings is 1. The first-order valence-corrected chi connectivity index (χ1v) is 3.60. The molecular formula is C5H8N2O2S. The molecule has 1 aromatic heterocycles. The van der Waals surface area contributed by atoms with E-state index >= 15 is 0 Å². The molecule has 3 N–H and O–H groups in total. The van der Waals surface area contributed by atoms with Crippen LogP contribution in [0.4, 0.5) is 0 Å². The summed E-state index contributed by atoms with van der Waals surface area (Å²) < 4.78 is 0. The summed E-state index contributed by atoms with van der Waals surface area (Å²) in [7, 11) is 0. The fraction of sp³-hybridized carbons (Fsp3) is 0.400. The van der Waals surface area contributed by atoms with Crippen LogP contribution in [-0.4, -0.2) is 15.3 Å². The molecule has 0 aromatic carbocycles. The summed E-state index contributed by atoms with van der Waals surface area (Å²) in [6, 6.07) is 0. The van der Waals surface area contributed by atoms with Gasteiger partial charge in [0, 0.05) is 11.1 Å². The lowest BCUT2D eigenvalue weighted by Gasteiger charge is -1.88. The third kappa shape index (κ3) is 1.74. The number of aromatic nitrogens is 1. The molecule has 0 radical (unpaired) electrons. The van der Waals surface area contributed by atoms with Gasteiger partial charge in [0.25, 0.3) is 0 Å². The second-order valence-corrected chi connectivity index (χ2v) is 2.91. The summed E-state index contributed by atoms with van der Waals surface area (Å²) in [5.74, 6) is 0. The Balaban J connectivity index is 2.59. The van der Waals surface area contributed by atoms with Crippen molar-refractivity contribution in [1.29, 1.82) is 0 Å². The first-order valence-electron chi connectivity index (χ1n) is 2.78. The van der Waals surface area contributed by atoms with Gasteiger partial charge in [-0.2, -0.15) is 0 Å². The molecule has 0 atom stereocenters. The minimum atomic E-state index is -0.0317. The minimum absolute atomic E-state index is 0.0317. The van der Waals surface area contributed by atoms with Crippen LogP contribution >= 0.6 is 11.3 Å². The summed E-state index contributed by atoms with van der Waals surface area (Å²) in [5, 5.41) is 17.5. The van der Waals surface area contributed by atoms with E-state index in [1.807, 2.05) is 5.48 Å². The summed E-state index contributed by atoms with van der Waals surface area (Å²) in [6.45, 7) is 0.355. The molecule has 0 fully saturated rings. The summed E-state index contributed by atoms with van der Waals surface area (Å²) >= 11 is 1.37. The Bertz CT molecular complexity index is 201. The Hall–Kier alpha value is -0.490. The highest BCUT2D eigenvalue weighted by Gasteiger charge is 1.98. The van der Waals surface area contributed by atoms with Gasteiger partial charge < -0.3 is 10.3 Å². The van der Waals surface area contributed by atoms with Crippen molar-refractivity contribution in [2.75, 3.05) is 0 Å². The van der Waals surface area contributed by atoms with E-state index < -0.39 is 0 Å². The van der Waals surface area contributed by atoms with Gasteiger partial charge in [0.05, 0.1) is 13.2 Å². The number of aliphatic hydroxyl groups is 1. The molecule has 1 rings (SSSR count). The second-order valence-electron chi connectivity index (χ2n) is 1.71. The summed E-state index contributed by atoms with van der Waals surface area (Å²) in [4.78, 5) is 4.78. The zero-order valence-corrected chi connectivity index (χ0v) is 6.06. The zero-order valence-electron chi connectivity index (χ0n) is 5.24. The van der Waals surface area contributed by atoms with Gasteiger partial charge in [-0.1, -0.05) is 0 Å². The number of rotatable bonds is 3. The third-order valence-electron chi connectivity index (χ3n) is 0.990. The maximum absolute atomic E-state index is 8.58. The van der Waals surface area contributed by atoms with Gasteiger partial charge in [-0.05, 0) is 0 Å².